The summed E-state index contributed by atoms with van der Waals surface area (Å²) in [6, 6.07) is 3.24. The minimum atomic E-state index is -1.30. The molecule has 0 aliphatic rings. The average molecular weight is 420 g/mol. The summed E-state index contributed by atoms with van der Waals surface area (Å²) in [7, 11) is 0. The van der Waals surface area contributed by atoms with Gasteiger partial charge in [-0.2, -0.15) is 0 Å². The summed E-state index contributed by atoms with van der Waals surface area (Å²) in [5, 5.41) is 22.5. The van der Waals surface area contributed by atoms with Gasteiger partial charge in [0.1, 0.15) is 6.04 Å². The van der Waals surface area contributed by atoms with Gasteiger partial charge < -0.3 is 25.7 Å². The smallest absolute Gasteiger partial charge is 0.326 e. The van der Waals surface area contributed by atoms with E-state index in [0.29, 0.717) is 30.5 Å². The van der Waals surface area contributed by atoms with Crippen molar-refractivity contribution >= 4 is 52.5 Å². The molecule has 1 atom stereocenters. The van der Waals surface area contributed by atoms with E-state index in [1.54, 1.807) is 12.1 Å². The lowest BCUT2D eigenvalue weighted by atomic mass is 10.1. The number of aryl methyl sites for hydroxylation is 1. The second-order valence-corrected chi connectivity index (χ2v) is 6.54. The van der Waals surface area contributed by atoms with Crippen molar-refractivity contribution in [3.8, 4) is 0 Å². The summed E-state index contributed by atoms with van der Waals surface area (Å²) in [5.74, 6) is -1.53. The highest BCUT2D eigenvalue weighted by molar-refractivity contribution is 6.18. The van der Waals surface area contributed by atoms with E-state index in [1.807, 2.05) is 17.9 Å². The Morgan fingerprint density at radius 3 is 2.26 bits per heavy atom. The molecule has 2 amide bonds. The lowest BCUT2D eigenvalue weighted by Crippen LogP contribution is -2.43. The highest BCUT2D eigenvalue weighted by Gasteiger charge is 2.21. The van der Waals surface area contributed by atoms with E-state index in [2.05, 4.69) is 10.6 Å². The van der Waals surface area contributed by atoms with Gasteiger partial charge in [0.15, 0.2) is 0 Å². The molecule has 0 aliphatic heterocycles. The van der Waals surface area contributed by atoms with E-state index in [9.17, 15) is 14.4 Å². The molecule has 4 N–H and O–H groups in total. The van der Waals surface area contributed by atoms with Crippen LogP contribution in [-0.2, 0) is 9.59 Å². The molecule has 0 fully saturated rings. The summed E-state index contributed by atoms with van der Waals surface area (Å²) < 4.78 is 0. The Morgan fingerprint density at radius 2 is 1.78 bits per heavy atom. The summed E-state index contributed by atoms with van der Waals surface area (Å²) in [6.45, 7) is 3.14. The zero-order valence-electron chi connectivity index (χ0n) is 14.9. The van der Waals surface area contributed by atoms with Crippen LogP contribution in [0.4, 0.5) is 16.2 Å². The molecule has 1 aromatic rings. The van der Waals surface area contributed by atoms with Crippen LogP contribution >= 0.6 is 23.2 Å². The second kappa shape index (κ2) is 11.5. The molecule has 1 aromatic carbocycles. The fourth-order valence-corrected chi connectivity index (χ4v) is 2.90. The van der Waals surface area contributed by atoms with Crippen LogP contribution in [-0.4, -0.2) is 59.1 Å². The van der Waals surface area contributed by atoms with Gasteiger partial charge in [-0.15, -0.1) is 23.2 Å². The van der Waals surface area contributed by atoms with Crippen molar-refractivity contribution in [3.05, 3.63) is 23.8 Å². The first-order valence-electron chi connectivity index (χ1n) is 8.28. The first kappa shape index (κ1) is 22.9. The van der Waals surface area contributed by atoms with Gasteiger partial charge >= 0.3 is 18.0 Å². The molecular weight excluding hydrogens is 397 g/mol. The largest absolute Gasteiger partial charge is 0.481 e. The molecule has 8 nitrogen and oxygen atoms in total. The second-order valence-electron chi connectivity index (χ2n) is 5.79. The Labute approximate surface area is 167 Å². The van der Waals surface area contributed by atoms with Crippen molar-refractivity contribution in [2.24, 2.45) is 0 Å². The number of aliphatic carboxylic acids is 2. The van der Waals surface area contributed by atoms with Crippen LogP contribution in [0.2, 0.25) is 0 Å². The number of nitrogens with one attached hydrogen (secondary N) is 2. The van der Waals surface area contributed by atoms with Gasteiger partial charge in [-0.05, 0) is 37.1 Å². The van der Waals surface area contributed by atoms with E-state index >= 15 is 0 Å². The van der Waals surface area contributed by atoms with Crippen molar-refractivity contribution in [1.29, 1.82) is 0 Å². The number of carbonyl (C=O) groups is 3. The van der Waals surface area contributed by atoms with Crippen molar-refractivity contribution in [3.63, 3.8) is 0 Å². The molecule has 0 radical (unpaired) electrons. The fourth-order valence-electron chi connectivity index (χ4n) is 2.50. The van der Waals surface area contributed by atoms with Gasteiger partial charge in [-0.1, -0.05) is 0 Å². The number of nitrogens with zero attached hydrogens (tertiary/aromatic N) is 1. The third-order valence-corrected chi connectivity index (χ3v) is 4.09. The topological polar surface area (TPSA) is 119 Å². The van der Waals surface area contributed by atoms with Crippen LogP contribution in [0.15, 0.2) is 18.2 Å². The number of alkyl halides is 2. The highest BCUT2D eigenvalue weighted by atomic mass is 35.5. The SMILES string of the molecule is Cc1cc(NC(=O)NC(CCC(=O)O)C(=O)O)ccc1N(CCCl)CCCl. The Kier molecular flexibility index (Phi) is 9.74. The predicted molar refractivity (Wildman–Crippen MR) is 105 cm³/mol. The molecule has 10 heteroatoms. The average Bonchev–Trinajstić information content (AvgIpc) is 2.58. The van der Waals surface area contributed by atoms with Gasteiger partial charge in [-0.25, -0.2) is 9.59 Å². The van der Waals surface area contributed by atoms with E-state index in [0.717, 1.165) is 11.3 Å². The lowest BCUT2D eigenvalue weighted by Gasteiger charge is -2.25. The quantitative estimate of drug-likeness (QED) is 0.409. The molecule has 0 spiro atoms. The zero-order chi connectivity index (χ0) is 20.4. The number of anilines is 2. The molecule has 0 heterocycles. The standard InChI is InChI=1S/C17H23Cl2N3O5/c1-11-10-12(2-4-14(11)22(8-6-18)9-7-19)20-17(27)21-13(16(25)26)3-5-15(23)24/h2,4,10,13H,3,5-9H2,1H3,(H,23,24)(H,25,26)(H2,20,21,27). The van der Waals surface area contributed by atoms with Gasteiger partial charge in [0.25, 0.3) is 0 Å². The molecule has 0 bridgehead atoms. The minimum Gasteiger partial charge on any atom is -0.481 e. The lowest BCUT2D eigenvalue weighted by molar-refractivity contribution is -0.140. The van der Waals surface area contributed by atoms with Gasteiger partial charge in [0, 0.05) is 42.6 Å². The summed E-state index contributed by atoms with van der Waals surface area (Å²) in [6.07, 6.45) is -0.566. The van der Waals surface area contributed by atoms with Crippen molar-refractivity contribution < 1.29 is 24.6 Å². The van der Waals surface area contributed by atoms with Crippen LogP contribution < -0.4 is 15.5 Å². The predicted octanol–water partition coefficient (Wildman–Crippen LogP) is 2.72. The van der Waals surface area contributed by atoms with Gasteiger partial charge in [0.2, 0.25) is 0 Å². The number of urea groups is 1. The van der Waals surface area contributed by atoms with Crippen LogP contribution in [0.1, 0.15) is 18.4 Å². The van der Waals surface area contributed by atoms with Crippen molar-refractivity contribution in [2.75, 3.05) is 35.1 Å². The molecule has 0 saturated heterocycles. The molecule has 1 unspecified atom stereocenters. The first-order valence-corrected chi connectivity index (χ1v) is 9.35. The number of rotatable bonds is 11. The molecule has 1 rings (SSSR count). The number of benzene rings is 1. The van der Waals surface area contributed by atoms with Crippen molar-refractivity contribution in [1.82, 2.24) is 5.32 Å². The molecule has 150 valence electrons. The van der Waals surface area contributed by atoms with Gasteiger partial charge in [0.05, 0.1) is 0 Å². The maximum absolute atomic E-state index is 12.0. The van der Waals surface area contributed by atoms with Crippen LogP contribution in [0, 0.1) is 6.92 Å². The maximum Gasteiger partial charge on any atom is 0.326 e. The molecule has 0 aliphatic carbocycles. The molecule has 27 heavy (non-hydrogen) atoms. The number of hydrogen-bond donors (Lipinski definition) is 4. The fraction of sp³-hybridized carbons (Fsp3) is 0.471. The van der Waals surface area contributed by atoms with Gasteiger partial charge in [-0.3, -0.25) is 4.79 Å². The molecule has 0 saturated carbocycles. The third kappa shape index (κ3) is 7.92. The molecule has 0 aromatic heterocycles. The number of carbonyl (C=O) groups excluding carboxylic acids is 1. The van der Waals surface area contributed by atoms with E-state index < -0.39 is 24.0 Å². The Morgan fingerprint density at radius 1 is 1.15 bits per heavy atom. The van der Waals surface area contributed by atoms with Crippen LogP contribution in [0.5, 0.6) is 0 Å². The minimum absolute atomic E-state index is 0.206. The zero-order valence-corrected chi connectivity index (χ0v) is 16.4. The Balaban J connectivity index is 2.77. The summed E-state index contributed by atoms with van der Waals surface area (Å²) >= 11 is 11.6. The Hall–Kier alpha value is -2.19. The molecular formula is C17H23Cl2N3O5. The highest BCUT2D eigenvalue weighted by Crippen LogP contribution is 2.24. The number of amides is 2. The first-order chi connectivity index (χ1) is 12.8. The van der Waals surface area contributed by atoms with Crippen molar-refractivity contribution in [2.45, 2.75) is 25.8 Å². The third-order valence-electron chi connectivity index (χ3n) is 3.75. The number of carboxylic acids is 2. The van der Waals surface area contributed by atoms with E-state index in [1.165, 1.54) is 0 Å². The summed E-state index contributed by atoms with van der Waals surface area (Å²) in [4.78, 5) is 35.8. The van der Waals surface area contributed by atoms with E-state index in [-0.39, 0.29) is 12.8 Å². The maximum atomic E-state index is 12.0. The number of hydrogen-bond acceptors (Lipinski definition) is 4. The Bertz CT molecular complexity index is 666. The number of carboxylic acid groups (broad SMARTS) is 2. The van der Waals surface area contributed by atoms with E-state index in [4.69, 9.17) is 33.4 Å². The van der Waals surface area contributed by atoms with Crippen LogP contribution in [0.25, 0.3) is 0 Å². The normalized spacial score (nSPS) is 11.5. The number of halogens is 2. The monoisotopic (exact) mass is 419 g/mol. The summed E-state index contributed by atoms with van der Waals surface area (Å²) in [5.41, 5.74) is 2.31. The van der Waals surface area contributed by atoms with Crippen LogP contribution in [0.3, 0.4) is 0 Å².